The molecule has 1 aromatic heterocycles. The lowest BCUT2D eigenvalue weighted by atomic mass is 10.2. The van der Waals surface area contributed by atoms with Crippen molar-refractivity contribution < 1.29 is 4.79 Å². The fourth-order valence-corrected chi connectivity index (χ4v) is 2.84. The molecule has 100 valence electrons. The van der Waals surface area contributed by atoms with Gasteiger partial charge in [0.1, 0.15) is 0 Å². The summed E-state index contributed by atoms with van der Waals surface area (Å²) in [6.07, 6.45) is 0. The van der Waals surface area contributed by atoms with Gasteiger partial charge >= 0.3 is 0 Å². The average Bonchev–Trinajstić information content (AvgIpc) is 2.85. The number of rotatable bonds is 2. The van der Waals surface area contributed by atoms with E-state index in [0.717, 1.165) is 10.2 Å². The van der Waals surface area contributed by atoms with Crippen molar-refractivity contribution in [2.75, 3.05) is 11.1 Å². The van der Waals surface area contributed by atoms with Gasteiger partial charge in [0, 0.05) is 22.0 Å². The van der Waals surface area contributed by atoms with Crippen molar-refractivity contribution in [3.8, 4) is 0 Å². The largest absolute Gasteiger partial charge is 0.399 e. The number of hydrogen-bond donors (Lipinski definition) is 2. The number of carbonyl (C=O) groups excluding carboxylic acids is 1. The van der Waals surface area contributed by atoms with E-state index in [-0.39, 0.29) is 5.91 Å². The van der Waals surface area contributed by atoms with Crippen molar-refractivity contribution in [1.82, 2.24) is 4.98 Å². The third-order valence-corrected chi connectivity index (χ3v) is 3.78. The van der Waals surface area contributed by atoms with Crippen molar-refractivity contribution in [2.24, 2.45) is 0 Å². The van der Waals surface area contributed by atoms with Gasteiger partial charge in [0.25, 0.3) is 5.91 Å². The Labute approximate surface area is 124 Å². The normalized spacial score (nSPS) is 10.7. The second-order valence-electron chi connectivity index (χ2n) is 4.26. The van der Waals surface area contributed by atoms with E-state index in [9.17, 15) is 4.79 Å². The molecule has 0 saturated heterocycles. The standard InChI is InChI=1S/C14H10ClN3OS/c15-9-3-8(4-10(16)5-9)14(19)18-11-1-2-12-13(6-11)20-7-17-12/h1-7H,16H2,(H,18,19). The molecule has 0 fully saturated rings. The minimum atomic E-state index is -0.247. The highest BCUT2D eigenvalue weighted by molar-refractivity contribution is 7.16. The monoisotopic (exact) mass is 303 g/mol. The van der Waals surface area contributed by atoms with Crippen LogP contribution in [0.25, 0.3) is 10.2 Å². The van der Waals surface area contributed by atoms with Crippen LogP contribution in [0.2, 0.25) is 5.02 Å². The molecule has 3 N–H and O–H groups in total. The minimum absolute atomic E-state index is 0.247. The number of halogens is 1. The summed E-state index contributed by atoms with van der Waals surface area (Å²) in [6.45, 7) is 0. The maximum atomic E-state index is 12.2. The molecular formula is C14H10ClN3OS. The topological polar surface area (TPSA) is 68.0 Å². The Morgan fingerprint density at radius 1 is 1.25 bits per heavy atom. The Kier molecular flexibility index (Phi) is 3.30. The van der Waals surface area contributed by atoms with Crippen LogP contribution in [0.3, 0.4) is 0 Å². The Morgan fingerprint density at radius 3 is 2.90 bits per heavy atom. The summed E-state index contributed by atoms with van der Waals surface area (Å²) in [5.74, 6) is -0.247. The van der Waals surface area contributed by atoms with Crippen LogP contribution in [0.5, 0.6) is 0 Å². The lowest BCUT2D eigenvalue weighted by Gasteiger charge is -2.06. The zero-order chi connectivity index (χ0) is 14.1. The van der Waals surface area contributed by atoms with Crippen molar-refractivity contribution in [3.63, 3.8) is 0 Å². The molecular weight excluding hydrogens is 294 g/mol. The number of nitrogen functional groups attached to an aromatic ring is 1. The van der Waals surface area contributed by atoms with Gasteiger partial charge in [0.15, 0.2) is 0 Å². The number of fused-ring (bicyclic) bond motifs is 1. The molecule has 0 atom stereocenters. The van der Waals surface area contributed by atoms with Gasteiger partial charge in [-0.2, -0.15) is 0 Å². The molecule has 3 aromatic rings. The minimum Gasteiger partial charge on any atom is -0.399 e. The molecule has 20 heavy (non-hydrogen) atoms. The van der Waals surface area contributed by atoms with Gasteiger partial charge in [-0.3, -0.25) is 4.79 Å². The molecule has 0 aliphatic carbocycles. The van der Waals surface area contributed by atoms with Crippen LogP contribution in [0.4, 0.5) is 11.4 Å². The van der Waals surface area contributed by atoms with E-state index in [0.29, 0.717) is 22.0 Å². The van der Waals surface area contributed by atoms with Crippen LogP contribution in [-0.4, -0.2) is 10.9 Å². The Morgan fingerprint density at radius 2 is 2.10 bits per heavy atom. The van der Waals surface area contributed by atoms with Gasteiger partial charge in [-0.15, -0.1) is 11.3 Å². The number of aromatic nitrogens is 1. The maximum absolute atomic E-state index is 12.2. The first-order valence-corrected chi connectivity index (χ1v) is 7.08. The van der Waals surface area contributed by atoms with E-state index in [1.165, 1.54) is 11.3 Å². The second kappa shape index (κ2) is 5.11. The van der Waals surface area contributed by atoms with Gasteiger partial charge in [0.05, 0.1) is 15.7 Å². The molecule has 6 heteroatoms. The van der Waals surface area contributed by atoms with E-state index in [2.05, 4.69) is 10.3 Å². The fraction of sp³-hybridized carbons (Fsp3) is 0. The Hall–Kier alpha value is -2.11. The molecule has 0 radical (unpaired) electrons. The molecule has 0 bridgehead atoms. The fourth-order valence-electron chi connectivity index (χ4n) is 1.88. The van der Waals surface area contributed by atoms with Crippen molar-refractivity contribution in [1.29, 1.82) is 0 Å². The number of hydrogen-bond acceptors (Lipinski definition) is 4. The summed E-state index contributed by atoms with van der Waals surface area (Å²) in [5.41, 5.74) is 9.97. The Balaban J connectivity index is 1.87. The molecule has 1 amide bonds. The first-order chi connectivity index (χ1) is 9.61. The van der Waals surface area contributed by atoms with Gasteiger partial charge in [0.2, 0.25) is 0 Å². The van der Waals surface area contributed by atoms with Gasteiger partial charge in [-0.1, -0.05) is 11.6 Å². The molecule has 0 unspecified atom stereocenters. The van der Waals surface area contributed by atoms with E-state index < -0.39 is 0 Å². The summed E-state index contributed by atoms with van der Waals surface area (Å²) in [5, 5.41) is 3.26. The zero-order valence-corrected chi connectivity index (χ0v) is 11.8. The van der Waals surface area contributed by atoms with Crippen LogP contribution in [-0.2, 0) is 0 Å². The number of anilines is 2. The predicted molar refractivity (Wildman–Crippen MR) is 83.4 cm³/mol. The van der Waals surface area contributed by atoms with Crippen LogP contribution in [0.15, 0.2) is 41.9 Å². The van der Waals surface area contributed by atoms with Gasteiger partial charge < -0.3 is 11.1 Å². The molecule has 2 aromatic carbocycles. The molecule has 4 nitrogen and oxygen atoms in total. The zero-order valence-electron chi connectivity index (χ0n) is 10.3. The molecule has 0 saturated carbocycles. The third kappa shape index (κ3) is 2.59. The first-order valence-electron chi connectivity index (χ1n) is 5.82. The third-order valence-electron chi connectivity index (χ3n) is 2.77. The number of nitrogens with two attached hydrogens (primary N) is 1. The highest BCUT2D eigenvalue weighted by Crippen LogP contribution is 2.23. The predicted octanol–water partition coefficient (Wildman–Crippen LogP) is 3.78. The Bertz CT molecular complexity index is 780. The smallest absolute Gasteiger partial charge is 0.255 e. The van der Waals surface area contributed by atoms with Crippen LogP contribution >= 0.6 is 22.9 Å². The number of nitrogens with zero attached hydrogens (tertiary/aromatic N) is 1. The number of nitrogens with one attached hydrogen (secondary N) is 1. The summed E-state index contributed by atoms with van der Waals surface area (Å²) in [6, 6.07) is 10.3. The van der Waals surface area contributed by atoms with Crippen LogP contribution < -0.4 is 11.1 Å². The molecule has 0 aliphatic heterocycles. The molecule has 0 spiro atoms. The summed E-state index contributed by atoms with van der Waals surface area (Å²) in [7, 11) is 0. The van der Waals surface area contributed by atoms with E-state index in [4.69, 9.17) is 17.3 Å². The SMILES string of the molecule is Nc1cc(Cl)cc(C(=O)Nc2ccc3ncsc3c2)c1. The van der Waals surface area contributed by atoms with Gasteiger partial charge in [-0.05, 0) is 36.4 Å². The lowest BCUT2D eigenvalue weighted by molar-refractivity contribution is 0.102. The second-order valence-corrected chi connectivity index (χ2v) is 5.59. The summed E-state index contributed by atoms with van der Waals surface area (Å²) >= 11 is 7.42. The summed E-state index contributed by atoms with van der Waals surface area (Å²) in [4.78, 5) is 16.3. The van der Waals surface area contributed by atoms with Crippen LogP contribution in [0.1, 0.15) is 10.4 Å². The van der Waals surface area contributed by atoms with Gasteiger partial charge in [-0.25, -0.2) is 4.98 Å². The van der Waals surface area contributed by atoms with E-state index >= 15 is 0 Å². The van der Waals surface area contributed by atoms with Crippen LogP contribution in [0, 0.1) is 0 Å². The molecule has 0 aliphatic rings. The quantitative estimate of drug-likeness (QED) is 0.708. The van der Waals surface area contributed by atoms with Crippen molar-refractivity contribution in [2.45, 2.75) is 0 Å². The molecule has 3 rings (SSSR count). The van der Waals surface area contributed by atoms with E-state index in [1.54, 1.807) is 23.7 Å². The van der Waals surface area contributed by atoms with Crippen molar-refractivity contribution >= 4 is 50.4 Å². The number of benzene rings is 2. The average molecular weight is 304 g/mol. The maximum Gasteiger partial charge on any atom is 0.255 e. The van der Waals surface area contributed by atoms with E-state index in [1.807, 2.05) is 18.2 Å². The first kappa shape index (κ1) is 12.9. The van der Waals surface area contributed by atoms with Crippen molar-refractivity contribution in [3.05, 3.63) is 52.5 Å². The number of carbonyl (C=O) groups is 1. The number of amides is 1. The lowest BCUT2D eigenvalue weighted by Crippen LogP contribution is -2.12. The number of thiazole rings is 1. The summed E-state index contributed by atoms with van der Waals surface area (Å²) < 4.78 is 1.02. The highest BCUT2D eigenvalue weighted by atomic mass is 35.5. The molecule has 1 heterocycles. The highest BCUT2D eigenvalue weighted by Gasteiger charge is 2.08.